The fraction of sp³-hybridized carbons (Fsp3) is 0. The minimum absolute atomic E-state index is 0.631. The molecule has 0 aliphatic rings. The number of benzene rings is 1. The molecule has 0 aliphatic carbocycles. The molecule has 0 fully saturated rings. The third-order valence-electron chi connectivity index (χ3n) is 1.98. The zero-order valence-electron chi connectivity index (χ0n) is 8.26. The van der Waals surface area contributed by atoms with Crippen molar-refractivity contribution in [3.63, 3.8) is 0 Å². The molecule has 0 amide bonds. The van der Waals surface area contributed by atoms with E-state index in [0.717, 1.165) is 16.1 Å². The van der Waals surface area contributed by atoms with Crippen molar-refractivity contribution >= 4 is 40.6 Å². The normalized spacial score (nSPS) is 10.1. The molecule has 0 atom stereocenters. The first-order chi connectivity index (χ1) is 7.79. The van der Waals surface area contributed by atoms with Gasteiger partial charge in [0, 0.05) is 31.3 Å². The number of nitrogens with zero attached hydrogens (tertiary/aromatic N) is 1. The lowest BCUT2D eigenvalue weighted by molar-refractivity contribution is 0.112. The number of carbonyl (C=O) groups excluding carboxylic acids is 1. The molecule has 0 bridgehead atoms. The lowest BCUT2D eigenvalue weighted by Gasteiger charge is -2.03. The predicted octanol–water partition coefficient (Wildman–Crippen LogP) is 3.65. The molecule has 4 heteroatoms. The highest BCUT2D eigenvalue weighted by molar-refractivity contribution is 14.1. The molecule has 1 heterocycles. The highest BCUT2D eigenvalue weighted by Crippen LogP contribution is 2.29. The fourth-order valence-corrected chi connectivity index (χ4v) is 2.44. The van der Waals surface area contributed by atoms with Crippen LogP contribution in [-0.4, -0.2) is 11.3 Å². The minimum Gasteiger partial charge on any atom is -0.298 e. The van der Waals surface area contributed by atoms with Crippen LogP contribution in [0.4, 0.5) is 0 Å². The summed E-state index contributed by atoms with van der Waals surface area (Å²) in [7, 11) is 0. The largest absolute Gasteiger partial charge is 0.298 e. The second kappa shape index (κ2) is 5.45. The third-order valence-corrected chi connectivity index (χ3v) is 3.80. The van der Waals surface area contributed by atoms with Gasteiger partial charge in [-0.3, -0.25) is 9.78 Å². The Hall–Kier alpha value is -0.880. The Kier molecular flexibility index (Phi) is 3.95. The van der Waals surface area contributed by atoms with Crippen LogP contribution < -0.4 is 0 Å². The average molecular weight is 341 g/mol. The number of pyridine rings is 1. The number of aldehydes is 1. The zero-order chi connectivity index (χ0) is 11.4. The van der Waals surface area contributed by atoms with Crippen LogP contribution >= 0.6 is 34.4 Å². The van der Waals surface area contributed by atoms with Crippen molar-refractivity contribution in [3.05, 3.63) is 51.9 Å². The van der Waals surface area contributed by atoms with E-state index in [4.69, 9.17) is 0 Å². The van der Waals surface area contributed by atoms with Crippen LogP contribution in [0.25, 0.3) is 0 Å². The smallest absolute Gasteiger partial charge is 0.152 e. The van der Waals surface area contributed by atoms with Gasteiger partial charge in [-0.25, -0.2) is 0 Å². The lowest BCUT2D eigenvalue weighted by atomic mass is 10.3. The maximum Gasteiger partial charge on any atom is 0.152 e. The molecule has 0 unspecified atom stereocenters. The number of hydrogen-bond donors (Lipinski definition) is 0. The number of rotatable bonds is 3. The number of aromatic nitrogens is 1. The van der Waals surface area contributed by atoms with Crippen LogP contribution in [0, 0.1) is 3.57 Å². The first-order valence-electron chi connectivity index (χ1n) is 4.62. The van der Waals surface area contributed by atoms with E-state index in [0.29, 0.717) is 5.56 Å². The van der Waals surface area contributed by atoms with E-state index in [9.17, 15) is 4.79 Å². The zero-order valence-corrected chi connectivity index (χ0v) is 11.2. The SMILES string of the molecule is O=Cc1cnccc1Sc1ccc(I)cc1. The van der Waals surface area contributed by atoms with Gasteiger partial charge >= 0.3 is 0 Å². The summed E-state index contributed by atoms with van der Waals surface area (Å²) in [5.74, 6) is 0. The van der Waals surface area contributed by atoms with Gasteiger partial charge in [0.05, 0.1) is 0 Å². The summed E-state index contributed by atoms with van der Waals surface area (Å²) < 4.78 is 1.20. The van der Waals surface area contributed by atoms with Gasteiger partial charge in [-0.2, -0.15) is 0 Å². The second-order valence-electron chi connectivity index (χ2n) is 3.09. The highest BCUT2D eigenvalue weighted by Gasteiger charge is 2.03. The molecular formula is C12H8INOS. The molecule has 0 saturated heterocycles. The van der Waals surface area contributed by atoms with Crippen molar-refractivity contribution in [3.8, 4) is 0 Å². The molecule has 2 rings (SSSR count). The van der Waals surface area contributed by atoms with Crippen molar-refractivity contribution in [2.24, 2.45) is 0 Å². The van der Waals surface area contributed by atoms with Crippen LogP contribution in [0.3, 0.4) is 0 Å². The number of carbonyl (C=O) groups is 1. The third kappa shape index (κ3) is 2.82. The molecule has 0 aliphatic heterocycles. The molecule has 2 aromatic rings. The Bertz CT molecular complexity index is 499. The summed E-state index contributed by atoms with van der Waals surface area (Å²) >= 11 is 3.84. The van der Waals surface area contributed by atoms with E-state index in [2.05, 4.69) is 27.6 Å². The molecule has 0 spiro atoms. The van der Waals surface area contributed by atoms with E-state index in [1.165, 1.54) is 3.57 Å². The molecule has 80 valence electrons. The number of halogens is 1. The average Bonchev–Trinajstić information content (AvgIpc) is 2.33. The maximum absolute atomic E-state index is 10.8. The van der Waals surface area contributed by atoms with Gasteiger partial charge in [-0.15, -0.1) is 0 Å². The Morgan fingerprint density at radius 1 is 1.19 bits per heavy atom. The molecule has 2 nitrogen and oxygen atoms in total. The van der Waals surface area contributed by atoms with Gasteiger partial charge in [-0.05, 0) is 52.9 Å². The second-order valence-corrected chi connectivity index (χ2v) is 5.45. The van der Waals surface area contributed by atoms with E-state index < -0.39 is 0 Å². The van der Waals surface area contributed by atoms with E-state index in [-0.39, 0.29) is 0 Å². The van der Waals surface area contributed by atoms with Crippen LogP contribution in [0.15, 0.2) is 52.5 Å². The Labute approximate surface area is 112 Å². The molecular weight excluding hydrogens is 333 g/mol. The van der Waals surface area contributed by atoms with Crippen LogP contribution in [-0.2, 0) is 0 Å². The minimum atomic E-state index is 0.631. The quantitative estimate of drug-likeness (QED) is 0.631. The first-order valence-corrected chi connectivity index (χ1v) is 6.52. The summed E-state index contributed by atoms with van der Waals surface area (Å²) in [6, 6.07) is 10.0. The van der Waals surface area contributed by atoms with Crippen molar-refractivity contribution in [1.82, 2.24) is 4.98 Å². The Morgan fingerprint density at radius 3 is 2.62 bits per heavy atom. The van der Waals surface area contributed by atoms with Crippen LogP contribution in [0.2, 0.25) is 0 Å². The summed E-state index contributed by atoms with van der Waals surface area (Å²) in [4.78, 5) is 16.8. The van der Waals surface area contributed by atoms with Gasteiger partial charge in [0.1, 0.15) is 0 Å². The highest BCUT2D eigenvalue weighted by atomic mass is 127. The predicted molar refractivity (Wildman–Crippen MR) is 72.9 cm³/mol. The summed E-state index contributed by atoms with van der Waals surface area (Å²) in [6.45, 7) is 0. The maximum atomic E-state index is 10.8. The van der Waals surface area contributed by atoms with Gasteiger partial charge < -0.3 is 0 Å². The lowest BCUT2D eigenvalue weighted by Crippen LogP contribution is -1.86. The Morgan fingerprint density at radius 2 is 1.94 bits per heavy atom. The van der Waals surface area contributed by atoms with Crippen molar-refractivity contribution in [2.45, 2.75) is 9.79 Å². The molecule has 0 radical (unpaired) electrons. The van der Waals surface area contributed by atoms with Crippen LogP contribution in [0.5, 0.6) is 0 Å². The number of hydrogen-bond acceptors (Lipinski definition) is 3. The molecule has 1 aromatic carbocycles. The summed E-state index contributed by atoms with van der Waals surface area (Å²) in [6.07, 6.45) is 4.12. The van der Waals surface area contributed by atoms with Gasteiger partial charge in [-0.1, -0.05) is 11.8 Å². The molecule has 16 heavy (non-hydrogen) atoms. The van der Waals surface area contributed by atoms with E-state index in [1.54, 1.807) is 24.2 Å². The van der Waals surface area contributed by atoms with Gasteiger partial charge in [0.25, 0.3) is 0 Å². The van der Waals surface area contributed by atoms with Gasteiger partial charge in [0.2, 0.25) is 0 Å². The van der Waals surface area contributed by atoms with Crippen LogP contribution in [0.1, 0.15) is 10.4 Å². The van der Waals surface area contributed by atoms with Gasteiger partial charge in [0.15, 0.2) is 6.29 Å². The van der Waals surface area contributed by atoms with E-state index in [1.807, 2.05) is 30.3 Å². The molecule has 0 saturated carbocycles. The van der Waals surface area contributed by atoms with Crippen molar-refractivity contribution < 1.29 is 4.79 Å². The molecule has 1 aromatic heterocycles. The first kappa shape index (κ1) is 11.6. The van der Waals surface area contributed by atoms with Crippen molar-refractivity contribution in [1.29, 1.82) is 0 Å². The summed E-state index contributed by atoms with van der Waals surface area (Å²) in [5, 5.41) is 0. The molecule has 0 N–H and O–H groups in total. The summed E-state index contributed by atoms with van der Waals surface area (Å²) in [5.41, 5.74) is 0.631. The fourth-order valence-electron chi connectivity index (χ4n) is 1.20. The van der Waals surface area contributed by atoms with E-state index >= 15 is 0 Å². The van der Waals surface area contributed by atoms with Crippen molar-refractivity contribution in [2.75, 3.05) is 0 Å². The standard InChI is InChI=1S/C12H8INOS/c13-10-1-3-11(4-2-10)16-12-5-6-14-7-9(12)8-15/h1-8H. The monoisotopic (exact) mass is 341 g/mol. The Balaban J connectivity index is 2.26. The topological polar surface area (TPSA) is 30.0 Å².